The van der Waals surface area contributed by atoms with Crippen molar-refractivity contribution < 1.29 is 33.2 Å². The van der Waals surface area contributed by atoms with E-state index in [1.165, 1.54) is 0 Å². The van der Waals surface area contributed by atoms with Gasteiger partial charge >= 0.3 is 0 Å². The van der Waals surface area contributed by atoms with Crippen LogP contribution < -0.4 is 28.4 Å². The van der Waals surface area contributed by atoms with Crippen molar-refractivity contribution in [3.63, 3.8) is 0 Å². The number of methoxy groups -OCH3 is 4. The fourth-order valence-corrected chi connectivity index (χ4v) is 7.05. The van der Waals surface area contributed by atoms with Crippen molar-refractivity contribution in [3.8, 4) is 74.1 Å². The molecule has 6 aromatic carbocycles. The molecular weight excluding hydrogens is 741 g/mol. The predicted octanol–water partition coefficient (Wildman–Crippen LogP) is 10.1. The van der Waals surface area contributed by atoms with Crippen LogP contribution >= 0.6 is 0 Å². The number of ketones is 1. The van der Waals surface area contributed by atoms with Gasteiger partial charge in [-0.3, -0.25) is 4.79 Å². The lowest BCUT2D eigenvalue weighted by molar-refractivity contribution is -0.117. The summed E-state index contributed by atoms with van der Waals surface area (Å²) in [6.07, 6.45) is 4.85. The van der Waals surface area contributed by atoms with Crippen LogP contribution in [-0.4, -0.2) is 65.4 Å². The highest BCUT2D eigenvalue weighted by Gasteiger charge is 2.18. The molecule has 302 valence electrons. The topological polar surface area (TPSA) is 99.5 Å². The summed E-state index contributed by atoms with van der Waals surface area (Å²) in [6, 6.07) is 43.2. The maximum absolute atomic E-state index is 13.0. The number of nitriles is 1. The van der Waals surface area contributed by atoms with Crippen LogP contribution in [0.25, 0.3) is 33.4 Å². The van der Waals surface area contributed by atoms with E-state index in [-0.39, 0.29) is 5.78 Å². The highest BCUT2D eigenvalue weighted by atomic mass is 16.5. The average Bonchev–Trinajstić information content (AvgIpc) is 3.28. The number of ether oxygens (including phenoxy) is 6. The van der Waals surface area contributed by atoms with Gasteiger partial charge < -0.3 is 33.3 Å². The van der Waals surface area contributed by atoms with E-state index in [4.69, 9.17) is 33.7 Å². The maximum atomic E-state index is 13.0. The standard InChI is InChI=1S/C35H37NO4.C15H13NO3/c1-36-19-17-32(18-20-36)40-31-14-12-28(13-15-31)27-10-7-25(8-11-27)21-30(37)22-26-9-16-35(39-3)34(23-26)29-5-4-6-33(24-29)38-2;1-17-12-5-3-4-11(8-12)14-9-13(19-10-16)6-7-15(14)18-2/h4-16,23-24,32H,17-22H2,1-3H3;3-9H,1-2H3. The van der Waals surface area contributed by atoms with E-state index in [1.54, 1.807) is 52.9 Å². The Labute approximate surface area is 347 Å². The average molecular weight is 791 g/mol. The first kappa shape index (κ1) is 41.9. The monoisotopic (exact) mass is 790 g/mol. The van der Waals surface area contributed by atoms with Gasteiger partial charge in [0.05, 0.1) is 28.4 Å². The second kappa shape index (κ2) is 20.6. The van der Waals surface area contributed by atoms with Gasteiger partial charge in [0.25, 0.3) is 6.26 Å². The molecule has 0 saturated carbocycles. The molecule has 1 aliphatic heterocycles. The van der Waals surface area contributed by atoms with Crippen molar-refractivity contribution in [1.29, 1.82) is 5.26 Å². The third kappa shape index (κ3) is 11.4. The molecule has 59 heavy (non-hydrogen) atoms. The number of nitrogens with zero attached hydrogens (tertiary/aromatic N) is 2. The van der Waals surface area contributed by atoms with Gasteiger partial charge in [-0.05, 0) is 120 Å². The Balaban J connectivity index is 0.000000257. The van der Waals surface area contributed by atoms with E-state index in [2.05, 4.69) is 48.3 Å². The summed E-state index contributed by atoms with van der Waals surface area (Å²) in [4.78, 5) is 15.3. The first-order valence-corrected chi connectivity index (χ1v) is 19.5. The number of carbonyl (C=O) groups is 1. The lowest BCUT2D eigenvalue weighted by Crippen LogP contribution is -2.35. The first-order chi connectivity index (χ1) is 28.8. The summed E-state index contributed by atoms with van der Waals surface area (Å²) in [5, 5.41) is 8.57. The van der Waals surface area contributed by atoms with E-state index < -0.39 is 0 Å². The van der Waals surface area contributed by atoms with Gasteiger partial charge in [-0.15, -0.1) is 5.26 Å². The molecule has 1 aliphatic rings. The van der Waals surface area contributed by atoms with Gasteiger partial charge in [0, 0.05) is 37.1 Å². The van der Waals surface area contributed by atoms with Crippen LogP contribution in [-0.2, 0) is 17.6 Å². The number of piperidine rings is 1. The first-order valence-electron chi connectivity index (χ1n) is 19.5. The van der Waals surface area contributed by atoms with Gasteiger partial charge in [-0.25, -0.2) is 0 Å². The van der Waals surface area contributed by atoms with Crippen molar-refractivity contribution in [2.24, 2.45) is 0 Å². The summed E-state index contributed by atoms with van der Waals surface area (Å²) in [5.41, 5.74) is 7.94. The number of hydrogen-bond donors (Lipinski definition) is 0. The number of hydrogen-bond acceptors (Lipinski definition) is 9. The minimum atomic E-state index is 0.171. The minimum absolute atomic E-state index is 0.171. The summed E-state index contributed by atoms with van der Waals surface area (Å²) in [7, 11) is 8.69. The van der Waals surface area contributed by atoms with Crippen molar-refractivity contribution in [1.82, 2.24) is 4.90 Å². The Bertz CT molecular complexity index is 2340. The zero-order chi connectivity index (χ0) is 41.6. The number of likely N-dealkylation sites (tertiary alicyclic amines) is 1. The molecule has 0 radical (unpaired) electrons. The predicted molar refractivity (Wildman–Crippen MR) is 232 cm³/mol. The Hall–Kier alpha value is -6.76. The molecular formula is C50H50N2O7. The lowest BCUT2D eigenvalue weighted by Gasteiger charge is -2.29. The molecule has 0 aromatic heterocycles. The Morgan fingerprint density at radius 1 is 0.576 bits per heavy atom. The maximum Gasteiger partial charge on any atom is 0.292 e. The molecule has 0 aliphatic carbocycles. The van der Waals surface area contributed by atoms with E-state index in [0.29, 0.717) is 30.4 Å². The molecule has 0 bridgehead atoms. The molecule has 9 nitrogen and oxygen atoms in total. The zero-order valence-corrected chi connectivity index (χ0v) is 34.3. The quantitative estimate of drug-likeness (QED) is 0.0999. The fraction of sp³-hybridized carbons (Fsp3) is 0.240. The van der Waals surface area contributed by atoms with Crippen LogP contribution in [0, 0.1) is 11.5 Å². The normalized spacial score (nSPS) is 12.6. The number of carbonyl (C=O) groups excluding carboxylic acids is 1. The van der Waals surface area contributed by atoms with Crippen LogP contribution in [0.1, 0.15) is 24.0 Å². The number of benzene rings is 6. The van der Waals surface area contributed by atoms with E-state index in [0.717, 1.165) is 93.4 Å². The van der Waals surface area contributed by atoms with Gasteiger partial charge in [0.15, 0.2) is 0 Å². The summed E-state index contributed by atoms with van der Waals surface area (Å²) in [6.45, 7) is 2.17. The molecule has 0 amide bonds. The van der Waals surface area contributed by atoms with E-state index in [9.17, 15) is 4.79 Å². The highest BCUT2D eigenvalue weighted by Crippen LogP contribution is 2.36. The molecule has 1 heterocycles. The minimum Gasteiger partial charge on any atom is -0.497 e. The molecule has 1 fully saturated rings. The van der Waals surface area contributed by atoms with E-state index >= 15 is 0 Å². The largest absolute Gasteiger partial charge is 0.497 e. The molecule has 0 atom stereocenters. The Morgan fingerprint density at radius 3 is 1.64 bits per heavy atom. The summed E-state index contributed by atoms with van der Waals surface area (Å²) in [5.74, 6) is 4.58. The molecule has 0 spiro atoms. The van der Waals surface area contributed by atoms with Crippen LogP contribution in [0.5, 0.6) is 34.5 Å². The van der Waals surface area contributed by atoms with Gasteiger partial charge in [0.1, 0.15) is 46.4 Å². The lowest BCUT2D eigenvalue weighted by atomic mass is 9.97. The van der Waals surface area contributed by atoms with Crippen molar-refractivity contribution in [3.05, 3.63) is 145 Å². The van der Waals surface area contributed by atoms with Crippen LogP contribution in [0.2, 0.25) is 0 Å². The molecule has 9 heteroatoms. The van der Waals surface area contributed by atoms with Crippen molar-refractivity contribution in [2.75, 3.05) is 48.6 Å². The van der Waals surface area contributed by atoms with Crippen molar-refractivity contribution in [2.45, 2.75) is 31.8 Å². The second-order valence-electron chi connectivity index (χ2n) is 14.3. The number of Topliss-reactive ketones (excluding diaryl/α,β-unsaturated/α-hetero) is 1. The SMILES string of the molecule is COc1cccc(-c2cc(CC(=O)Cc3ccc(-c4ccc(OC5CCN(C)CC5)cc4)cc3)ccc2OC)c1.COc1cccc(-c2cc(OC#N)ccc2OC)c1. The third-order valence-electron chi connectivity index (χ3n) is 10.3. The van der Waals surface area contributed by atoms with Gasteiger partial charge in [0.2, 0.25) is 0 Å². The number of rotatable bonds is 14. The molecule has 6 aromatic rings. The molecule has 7 rings (SSSR count). The van der Waals surface area contributed by atoms with Crippen LogP contribution in [0.15, 0.2) is 133 Å². The smallest absolute Gasteiger partial charge is 0.292 e. The Kier molecular flexibility index (Phi) is 14.6. The molecule has 0 unspecified atom stereocenters. The molecule has 1 saturated heterocycles. The van der Waals surface area contributed by atoms with Crippen molar-refractivity contribution >= 4 is 5.78 Å². The van der Waals surface area contributed by atoms with Gasteiger partial charge in [-0.2, -0.15) is 0 Å². The second-order valence-corrected chi connectivity index (χ2v) is 14.3. The molecule has 0 N–H and O–H groups in total. The Morgan fingerprint density at radius 2 is 1.08 bits per heavy atom. The fourth-order valence-electron chi connectivity index (χ4n) is 7.05. The highest BCUT2D eigenvalue weighted by molar-refractivity contribution is 5.84. The van der Waals surface area contributed by atoms with Crippen LogP contribution in [0.4, 0.5) is 0 Å². The summed E-state index contributed by atoms with van der Waals surface area (Å²) >= 11 is 0. The third-order valence-corrected chi connectivity index (χ3v) is 10.3. The van der Waals surface area contributed by atoms with Gasteiger partial charge in [-0.1, -0.05) is 66.7 Å². The van der Waals surface area contributed by atoms with Crippen LogP contribution in [0.3, 0.4) is 0 Å². The zero-order valence-electron chi connectivity index (χ0n) is 34.3. The van der Waals surface area contributed by atoms with E-state index in [1.807, 2.05) is 78.9 Å². The summed E-state index contributed by atoms with van der Waals surface area (Å²) < 4.78 is 32.5.